The minimum atomic E-state index is 0.201. The predicted molar refractivity (Wildman–Crippen MR) is 74.2 cm³/mol. The molecular formula is C14H23N3O2. The van der Waals surface area contributed by atoms with E-state index in [2.05, 4.69) is 16.8 Å². The van der Waals surface area contributed by atoms with Crippen LogP contribution in [0.3, 0.4) is 0 Å². The molecule has 0 amide bonds. The van der Waals surface area contributed by atoms with E-state index in [1.165, 1.54) is 0 Å². The fraction of sp³-hybridized carbons (Fsp3) is 0.643. The summed E-state index contributed by atoms with van der Waals surface area (Å²) in [5.41, 5.74) is 7.12. The van der Waals surface area contributed by atoms with Crippen LogP contribution >= 0.6 is 0 Å². The van der Waals surface area contributed by atoms with E-state index in [1.807, 2.05) is 18.3 Å². The van der Waals surface area contributed by atoms with Crippen LogP contribution in [0.15, 0.2) is 18.3 Å². The van der Waals surface area contributed by atoms with Gasteiger partial charge in [0.25, 0.3) is 0 Å². The van der Waals surface area contributed by atoms with Crippen LogP contribution in [0.5, 0.6) is 5.88 Å². The molecule has 0 saturated carbocycles. The molecular weight excluding hydrogens is 242 g/mol. The lowest BCUT2D eigenvalue weighted by Gasteiger charge is -2.40. The fourth-order valence-corrected chi connectivity index (χ4v) is 2.60. The molecule has 1 fully saturated rings. The molecule has 5 heteroatoms. The van der Waals surface area contributed by atoms with Crippen LogP contribution in [0.2, 0.25) is 0 Å². The van der Waals surface area contributed by atoms with Gasteiger partial charge in [0.05, 0.1) is 20.3 Å². The smallest absolute Gasteiger partial charge is 0.212 e. The average Bonchev–Trinajstić information content (AvgIpc) is 2.49. The van der Waals surface area contributed by atoms with E-state index in [0.29, 0.717) is 18.5 Å². The number of pyridine rings is 1. The maximum absolute atomic E-state index is 5.98. The molecule has 19 heavy (non-hydrogen) atoms. The second-order valence-corrected chi connectivity index (χ2v) is 4.76. The molecule has 0 aliphatic carbocycles. The zero-order valence-corrected chi connectivity index (χ0v) is 11.7. The second-order valence-electron chi connectivity index (χ2n) is 4.76. The number of nitrogens with zero attached hydrogens (tertiary/aromatic N) is 2. The van der Waals surface area contributed by atoms with Crippen molar-refractivity contribution in [3.63, 3.8) is 0 Å². The van der Waals surface area contributed by atoms with E-state index in [0.717, 1.165) is 31.7 Å². The van der Waals surface area contributed by atoms with Crippen LogP contribution < -0.4 is 10.5 Å². The molecule has 106 valence electrons. The summed E-state index contributed by atoms with van der Waals surface area (Å²) in [6, 6.07) is 4.57. The zero-order valence-electron chi connectivity index (χ0n) is 11.7. The minimum Gasteiger partial charge on any atom is -0.481 e. The first kappa shape index (κ1) is 14.2. The summed E-state index contributed by atoms with van der Waals surface area (Å²) in [6.07, 6.45) is 2.93. The standard InChI is InChI=1S/C14H23N3O2/c1-3-12-10-19-7-6-17(12)13(8-15)11-4-5-14(18-2)16-9-11/h4-5,9,12-13H,3,6-8,10,15H2,1-2H3. The van der Waals surface area contributed by atoms with Gasteiger partial charge in [-0.25, -0.2) is 4.98 Å². The predicted octanol–water partition coefficient (Wildman–Crippen LogP) is 1.20. The molecule has 2 heterocycles. The van der Waals surface area contributed by atoms with Crippen molar-refractivity contribution in [1.29, 1.82) is 0 Å². The molecule has 2 N–H and O–H groups in total. The monoisotopic (exact) mass is 265 g/mol. The molecule has 0 aromatic carbocycles. The lowest BCUT2D eigenvalue weighted by atomic mass is 10.0. The van der Waals surface area contributed by atoms with E-state index in [1.54, 1.807) is 7.11 Å². The van der Waals surface area contributed by atoms with Gasteiger partial charge in [-0.15, -0.1) is 0 Å². The lowest BCUT2D eigenvalue weighted by Crippen LogP contribution is -2.48. The van der Waals surface area contributed by atoms with E-state index < -0.39 is 0 Å². The number of nitrogens with two attached hydrogens (primary N) is 1. The summed E-state index contributed by atoms with van der Waals surface area (Å²) in [6.45, 7) is 5.26. The Kier molecular flexibility index (Phi) is 5.13. The topological polar surface area (TPSA) is 60.6 Å². The molecule has 1 aliphatic rings. The summed E-state index contributed by atoms with van der Waals surface area (Å²) in [5, 5.41) is 0. The van der Waals surface area contributed by atoms with Crippen molar-refractivity contribution in [2.75, 3.05) is 33.4 Å². The van der Waals surface area contributed by atoms with Crippen molar-refractivity contribution >= 4 is 0 Å². The van der Waals surface area contributed by atoms with Gasteiger partial charge < -0.3 is 15.2 Å². The van der Waals surface area contributed by atoms with Gasteiger partial charge in [0.2, 0.25) is 5.88 Å². The second kappa shape index (κ2) is 6.84. The molecule has 0 bridgehead atoms. The molecule has 0 radical (unpaired) electrons. The largest absolute Gasteiger partial charge is 0.481 e. The molecule has 2 atom stereocenters. The molecule has 2 unspecified atom stereocenters. The Morgan fingerprint density at radius 3 is 3.00 bits per heavy atom. The van der Waals surface area contributed by atoms with Crippen LogP contribution in [-0.4, -0.2) is 49.3 Å². The van der Waals surface area contributed by atoms with Crippen LogP contribution in [0, 0.1) is 0 Å². The van der Waals surface area contributed by atoms with Crippen molar-refractivity contribution in [2.24, 2.45) is 5.73 Å². The molecule has 1 saturated heterocycles. The molecule has 1 aliphatic heterocycles. The van der Waals surface area contributed by atoms with Gasteiger partial charge in [0.1, 0.15) is 0 Å². The quantitative estimate of drug-likeness (QED) is 0.867. The molecule has 5 nitrogen and oxygen atoms in total. The van der Waals surface area contributed by atoms with Gasteiger partial charge in [-0.1, -0.05) is 13.0 Å². The average molecular weight is 265 g/mol. The molecule has 2 rings (SSSR count). The molecule has 1 aromatic heterocycles. The summed E-state index contributed by atoms with van der Waals surface area (Å²) in [5.74, 6) is 0.633. The van der Waals surface area contributed by atoms with E-state index in [4.69, 9.17) is 15.2 Å². The van der Waals surface area contributed by atoms with Gasteiger partial charge in [-0.2, -0.15) is 0 Å². The third-order valence-corrected chi connectivity index (χ3v) is 3.72. The zero-order chi connectivity index (χ0) is 13.7. The Bertz CT molecular complexity index is 383. The van der Waals surface area contributed by atoms with Crippen LogP contribution in [0.4, 0.5) is 0 Å². The van der Waals surface area contributed by atoms with Crippen LogP contribution in [-0.2, 0) is 4.74 Å². The summed E-state index contributed by atoms with van der Waals surface area (Å²) in [7, 11) is 1.62. The Morgan fingerprint density at radius 1 is 1.58 bits per heavy atom. The van der Waals surface area contributed by atoms with Crippen molar-refractivity contribution in [2.45, 2.75) is 25.4 Å². The van der Waals surface area contributed by atoms with Gasteiger partial charge in [-0.05, 0) is 12.0 Å². The van der Waals surface area contributed by atoms with E-state index in [-0.39, 0.29) is 6.04 Å². The minimum absolute atomic E-state index is 0.201. The Hall–Kier alpha value is -1.17. The van der Waals surface area contributed by atoms with Gasteiger partial charge >= 0.3 is 0 Å². The van der Waals surface area contributed by atoms with Crippen LogP contribution in [0.25, 0.3) is 0 Å². The molecule has 1 aromatic rings. The first-order valence-corrected chi connectivity index (χ1v) is 6.83. The van der Waals surface area contributed by atoms with E-state index >= 15 is 0 Å². The SMILES string of the molecule is CCC1COCCN1C(CN)c1ccc(OC)nc1. The van der Waals surface area contributed by atoms with Crippen LogP contribution in [0.1, 0.15) is 24.9 Å². The number of morpholine rings is 1. The Morgan fingerprint density at radius 2 is 2.42 bits per heavy atom. The summed E-state index contributed by atoms with van der Waals surface area (Å²) in [4.78, 5) is 6.71. The Balaban J connectivity index is 2.17. The summed E-state index contributed by atoms with van der Waals surface area (Å²) >= 11 is 0. The number of rotatable bonds is 5. The third kappa shape index (κ3) is 3.23. The maximum atomic E-state index is 5.98. The fourth-order valence-electron chi connectivity index (χ4n) is 2.60. The number of ether oxygens (including phenoxy) is 2. The first-order chi connectivity index (χ1) is 9.30. The van der Waals surface area contributed by atoms with Crippen molar-refractivity contribution in [3.05, 3.63) is 23.9 Å². The number of hydrogen-bond donors (Lipinski definition) is 1. The number of aromatic nitrogens is 1. The maximum Gasteiger partial charge on any atom is 0.212 e. The number of methoxy groups -OCH3 is 1. The van der Waals surface area contributed by atoms with Gasteiger partial charge in [0, 0.05) is 37.4 Å². The lowest BCUT2D eigenvalue weighted by molar-refractivity contribution is -0.0291. The molecule has 0 spiro atoms. The van der Waals surface area contributed by atoms with Crippen molar-refractivity contribution in [1.82, 2.24) is 9.88 Å². The van der Waals surface area contributed by atoms with Crippen molar-refractivity contribution < 1.29 is 9.47 Å². The van der Waals surface area contributed by atoms with Gasteiger partial charge in [-0.3, -0.25) is 4.90 Å². The highest BCUT2D eigenvalue weighted by Crippen LogP contribution is 2.25. The highest BCUT2D eigenvalue weighted by Gasteiger charge is 2.28. The van der Waals surface area contributed by atoms with Gasteiger partial charge in [0.15, 0.2) is 0 Å². The first-order valence-electron chi connectivity index (χ1n) is 6.83. The van der Waals surface area contributed by atoms with E-state index in [9.17, 15) is 0 Å². The highest BCUT2D eigenvalue weighted by molar-refractivity contribution is 5.21. The summed E-state index contributed by atoms with van der Waals surface area (Å²) < 4.78 is 10.6. The van der Waals surface area contributed by atoms with Crippen molar-refractivity contribution in [3.8, 4) is 5.88 Å². The number of hydrogen-bond acceptors (Lipinski definition) is 5. The third-order valence-electron chi connectivity index (χ3n) is 3.72. The normalized spacial score (nSPS) is 22.2. The Labute approximate surface area is 114 Å². The highest BCUT2D eigenvalue weighted by atomic mass is 16.5.